The Bertz CT molecular complexity index is 463. The minimum Gasteiger partial charge on any atom is -0.393 e. The van der Waals surface area contributed by atoms with Gasteiger partial charge in [-0.2, -0.15) is 0 Å². The lowest BCUT2D eigenvalue weighted by atomic mass is 9.82. The number of hydrogen-bond acceptors (Lipinski definition) is 6. The second-order valence-corrected chi connectivity index (χ2v) is 5.58. The first-order valence-corrected chi connectivity index (χ1v) is 7.16. The molecule has 0 saturated carbocycles. The lowest BCUT2D eigenvalue weighted by Gasteiger charge is -2.44. The van der Waals surface area contributed by atoms with Gasteiger partial charge in [-0.05, 0) is 25.3 Å². The summed E-state index contributed by atoms with van der Waals surface area (Å²) >= 11 is 3.53. The van der Waals surface area contributed by atoms with E-state index in [1.165, 1.54) is 4.90 Å². The highest BCUT2D eigenvalue weighted by atomic mass is 32.1. The van der Waals surface area contributed by atoms with E-state index < -0.39 is 18.0 Å². The summed E-state index contributed by atoms with van der Waals surface area (Å²) in [5.74, 6) is -1.38. The standard InChI is InChI=1S/C13H20N2O4S/c1-3-4-8(14)7-5-9-10(6(2)16)12(17)15(9)11(7)13(18)19-20/h6,8-10,16,20H,3-5,14H2,1-2H3/t6-,8?,9-,10-/m1/s1. The molecule has 1 fully saturated rings. The van der Waals surface area contributed by atoms with Gasteiger partial charge in [0.25, 0.3) is 0 Å². The lowest BCUT2D eigenvalue weighted by Crippen LogP contribution is -2.61. The predicted octanol–water partition coefficient (Wildman–Crippen LogP) is 0.367. The number of fused-ring (bicyclic) bond motifs is 1. The molecule has 0 radical (unpaired) electrons. The number of hydrogen-bond donors (Lipinski definition) is 3. The number of carbonyl (C=O) groups is 2. The van der Waals surface area contributed by atoms with Crippen molar-refractivity contribution in [3.8, 4) is 0 Å². The van der Waals surface area contributed by atoms with Crippen LogP contribution in [-0.2, 0) is 13.8 Å². The quantitative estimate of drug-likeness (QED) is 0.387. The molecule has 0 spiro atoms. The van der Waals surface area contributed by atoms with Crippen molar-refractivity contribution < 1.29 is 18.9 Å². The first-order chi connectivity index (χ1) is 9.43. The third kappa shape index (κ3) is 2.23. The molecule has 0 aromatic rings. The van der Waals surface area contributed by atoms with E-state index in [1.807, 2.05) is 6.92 Å². The number of aliphatic hydroxyl groups is 1. The highest BCUT2D eigenvalue weighted by molar-refractivity contribution is 7.75. The van der Waals surface area contributed by atoms with Crippen LogP contribution in [0, 0.1) is 5.92 Å². The summed E-state index contributed by atoms with van der Waals surface area (Å²) in [7, 11) is 0. The molecule has 2 aliphatic rings. The number of carbonyl (C=O) groups excluding carboxylic acids is 2. The molecule has 0 aromatic heterocycles. The summed E-state index contributed by atoms with van der Waals surface area (Å²) in [6.45, 7) is 3.59. The van der Waals surface area contributed by atoms with Crippen molar-refractivity contribution >= 4 is 24.8 Å². The highest BCUT2D eigenvalue weighted by Gasteiger charge is 2.57. The maximum absolute atomic E-state index is 12.1. The zero-order chi connectivity index (χ0) is 15.0. The molecule has 0 aromatic carbocycles. The predicted molar refractivity (Wildman–Crippen MR) is 75.4 cm³/mol. The van der Waals surface area contributed by atoms with Crippen LogP contribution in [0.4, 0.5) is 0 Å². The minimum atomic E-state index is -0.737. The van der Waals surface area contributed by atoms with Crippen LogP contribution in [-0.4, -0.2) is 40.1 Å². The Kier molecular flexibility index (Phi) is 4.41. The van der Waals surface area contributed by atoms with Crippen molar-refractivity contribution in [1.82, 2.24) is 4.90 Å². The van der Waals surface area contributed by atoms with E-state index in [2.05, 4.69) is 17.1 Å². The van der Waals surface area contributed by atoms with Crippen LogP contribution < -0.4 is 5.73 Å². The largest absolute Gasteiger partial charge is 0.393 e. The monoisotopic (exact) mass is 300 g/mol. The summed E-state index contributed by atoms with van der Waals surface area (Å²) in [5.41, 5.74) is 7.05. The third-order valence-electron chi connectivity index (χ3n) is 4.09. The Balaban J connectivity index is 2.31. The fourth-order valence-electron chi connectivity index (χ4n) is 3.15. The molecule has 2 heterocycles. The van der Waals surface area contributed by atoms with E-state index >= 15 is 0 Å². The molecule has 112 valence electrons. The van der Waals surface area contributed by atoms with E-state index in [9.17, 15) is 14.7 Å². The van der Waals surface area contributed by atoms with Gasteiger partial charge in [0.15, 0.2) is 0 Å². The topological polar surface area (TPSA) is 92.9 Å². The maximum Gasteiger partial charge on any atom is 0.366 e. The van der Waals surface area contributed by atoms with Crippen LogP contribution in [0.3, 0.4) is 0 Å². The molecule has 1 saturated heterocycles. The van der Waals surface area contributed by atoms with E-state index in [0.29, 0.717) is 6.42 Å². The molecule has 7 heteroatoms. The number of nitrogens with zero attached hydrogens (tertiary/aromatic N) is 1. The molecule has 2 aliphatic heterocycles. The summed E-state index contributed by atoms with van der Waals surface area (Å²) < 4.78 is 4.48. The zero-order valence-corrected chi connectivity index (χ0v) is 12.5. The van der Waals surface area contributed by atoms with Gasteiger partial charge >= 0.3 is 5.97 Å². The van der Waals surface area contributed by atoms with Crippen molar-refractivity contribution in [3.63, 3.8) is 0 Å². The van der Waals surface area contributed by atoms with Crippen LogP contribution in [0.5, 0.6) is 0 Å². The number of aliphatic hydroxyl groups excluding tert-OH is 1. The van der Waals surface area contributed by atoms with Gasteiger partial charge in [-0.25, -0.2) is 4.79 Å². The Hall–Kier alpha value is -1.05. The molecular weight excluding hydrogens is 280 g/mol. The van der Waals surface area contributed by atoms with Crippen LogP contribution in [0.2, 0.25) is 0 Å². The molecule has 0 aliphatic carbocycles. The Morgan fingerprint density at radius 3 is 2.80 bits per heavy atom. The number of amides is 1. The molecule has 20 heavy (non-hydrogen) atoms. The van der Waals surface area contributed by atoms with Gasteiger partial charge < -0.3 is 19.9 Å². The Morgan fingerprint density at radius 2 is 2.30 bits per heavy atom. The lowest BCUT2D eigenvalue weighted by molar-refractivity contribution is -0.160. The van der Waals surface area contributed by atoms with E-state index in [0.717, 1.165) is 18.4 Å². The van der Waals surface area contributed by atoms with Crippen molar-refractivity contribution in [2.24, 2.45) is 11.7 Å². The van der Waals surface area contributed by atoms with Crippen molar-refractivity contribution in [2.75, 3.05) is 0 Å². The van der Waals surface area contributed by atoms with Crippen LogP contribution in [0.25, 0.3) is 0 Å². The average Bonchev–Trinajstić information content (AvgIpc) is 2.72. The summed E-state index contributed by atoms with van der Waals surface area (Å²) in [4.78, 5) is 25.4. The molecule has 1 unspecified atom stereocenters. The highest BCUT2D eigenvalue weighted by Crippen LogP contribution is 2.45. The van der Waals surface area contributed by atoms with Gasteiger partial charge in [0.05, 0.1) is 18.1 Å². The molecule has 4 atom stereocenters. The van der Waals surface area contributed by atoms with Gasteiger partial charge in [-0.15, -0.1) is 0 Å². The second-order valence-electron chi connectivity index (χ2n) is 5.39. The van der Waals surface area contributed by atoms with Gasteiger partial charge in [-0.1, -0.05) is 13.3 Å². The van der Waals surface area contributed by atoms with Crippen LogP contribution in [0.1, 0.15) is 33.1 Å². The zero-order valence-electron chi connectivity index (χ0n) is 11.6. The van der Waals surface area contributed by atoms with Crippen LogP contribution >= 0.6 is 12.9 Å². The number of thiol groups is 1. The normalized spacial score (nSPS) is 28.1. The fourth-order valence-corrected chi connectivity index (χ4v) is 3.24. The molecular formula is C13H20N2O4S. The van der Waals surface area contributed by atoms with Crippen molar-refractivity contribution in [1.29, 1.82) is 0 Å². The van der Waals surface area contributed by atoms with Crippen LogP contribution in [0.15, 0.2) is 11.3 Å². The SMILES string of the molecule is CCCC(N)C1=C(C(=O)OS)N2C(=O)[C@H]([C@@H](C)O)[C@H]2C1. The molecule has 6 nitrogen and oxygen atoms in total. The average molecular weight is 300 g/mol. The molecule has 2 rings (SSSR count). The Labute approximate surface area is 123 Å². The number of β-lactam (4-membered cyclic amide) rings is 1. The number of nitrogens with two attached hydrogens (primary N) is 1. The van der Waals surface area contributed by atoms with Crippen molar-refractivity contribution in [3.05, 3.63) is 11.3 Å². The van der Waals surface area contributed by atoms with Gasteiger partial charge in [0.1, 0.15) is 5.70 Å². The molecule has 0 bridgehead atoms. The summed E-state index contributed by atoms with van der Waals surface area (Å²) in [5, 5.41) is 9.67. The van der Waals surface area contributed by atoms with E-state index in [1.54, 1.807) is 6.92 Å². The molecule has 1 amide bonds. The minimum absolute atomic E-state index is 0.192. The second kappa shape index (κ2) is 5.75. The molecule has 3 N–H and O–H groups in total. The van der Waals surface area contributed by atoms with Crippen molar-refractivity contribution in [2.45, 2.75) is 51.3 Å². The third-order valence-corrected chi connectivity index (χ3v) is 4.25. The first kappa shape index (κ1) is 15.3. The fraction of sp³-hybridized carbons (Fsp3) is 0.692. The maximum atomic E-state index is 12.1. The van der Waals surface area contributed by atoms with Gasteiger partial charge in [0.2, 0.25) is 5.91 Å². The van der Waals surface area contributed by atoms with Gasteiger partial charge in [0, 0.05) is 19.0 Å². The summed E-state index contributed by atoms with van der Waals surface area (Å²) in [6, 6.07) is -0.474. The summed E-state index contributed by atoms with van der Waals surface area (Å²) in [6.07, 6.45) is 1.39. The first-order valence-electron chi connectivity index (χ1n) is 6.79. The smallest absolute Gasteiger partial charge is 0.366 e. The number of rotatable bonds is 5. The van der Waals surface area contributed by atoms with Gasteiger partial charge in [-0.3, -0.25) is 4.79 Å². The van der Waals surface area contributed by atoms with E-state index in [4.69, 9.17) is 5.73 Å². The van der Waals surface area contributed by atoms with E-state index in [-0.39, 0.29) is 23.7 Å². The Morgan fingerprint density at radius 1 is 1.65 bits per heavy atom.